The Morgan fingerprint density at radius 3 is 2.25 bits per heavy atom. The van der Waals surface area contributed by atoms with Crippen molar-refractivity contribution in [2.24, 2.45) is 0 Å². The van der Waals surface area contributed by atoms with E-state index in [0.717, 1.165) is 0 Å². The van der Waals surface area contributed by atoms with Gasteiger partial charge in [0.25, 0.3) is 0 Å². The summed E-state index contributed by atoms with van der Waals surface area (Å²) in [6, 6.07) is 12.8. The summed E-state index contributed by atoms with van der Waals surface area (Å²) in [4.78, 5) is 0. The monoisotopic (exact) mass is 222 g/mol. The van der Waals surface area contributed by atoms with Crippen molar-refractivity contribution in [3.63, 3.8) is 0 Å². The maximum absolute atomic E-state index is 2.61. The van der Waals surface area contributed by atoms with E-state index in [2.05, 4.69) is 59.3 Å². The average Bonchev–Trinajstić information content (AvgIpc) is 2.12. The molecule has 0 nitrogen and oxygen atoms in total. The molecule has 1 heteroatoms. The Labute approximate surface area is 80.4 Å². The van der Waals surface area contributed by atoms with Crippen LogP contribution in [0.3, 0.4) is 0 Å². The molecule has 0 bridgehead atoms. The number of aryl methyl sites for hydroxylation is 1. The predicted octanol–water partition coefficient (Wildman–Crippen LogP) is 1.67. The normalized spacial score (nSPS) is 10.5. The van der Waals surface area contributed by atoms with E-state index in [1.807, 2.05) is 0 Å². The van der Waals surface area contributed by atoms with Crippen molar-refractivity contribution in [1.29, 1.82) is 0 Å². The van der Waals surface area contributed by atoms with Gasteiger partial charge < -0.3 is 0 Å². The zero-order valence-corrected chi connectivity index (χ0v) is 8.79. The molecule has 0 heterocycles. The molecule has 12 heavy (non-hydrogen) atoms. The Morgan fingerprint density at radius 2 is 1.58 bits per heavy atom. The Kier molecular flexibility index (Phi) is 1.92. The van der Waals surface area contributed by atoms with Gasteiger partial charge >= 0.3 is 80.1 Å². The van der Waals surface area contributed by atoms with Crippen LogP contribution in [0.15, 0.2) is 36.4 Å². The van der Waals surface area contributed by atoms with E-state index in [1.54, 1.807) is 0 Å². The molecule has 0 aliphatic carbocycles. The van der Waals surface area contributed by atoms with Gasteiger partial charge in [0.1, 0.15) is 0 Å². The molecule has 0 unspecified atom stereocenters. The van der Waals surface area contributed by atoms with Gasteiger partial charge in [0, 0.05) is 0 Å². The fraction of sp³-hybridized carbons (Fsp3) is 0.0909. The zero-order valence-electron chi connectivity index (χ0n) is 6.91. The van der Waals surface area contributed by atoms with E-state index in [4.69, 9.17) is 0 Å². The molecule has 0 radical (unpaired) electrons. The zero-order chi connectivity index (χ0) is 8.55. The summed E-state index contributed by atoms with van der Waals surface area (Å²) in [5.74, 6) is 0. The number of benzene rings is 2. The molecule has 0 saturated carbocycles. The number of hydrogen-bond donors (Lipinski definition) is 0. The van der Waals surface area contributed by atoms with Crippen molar-refractivity contribution < 1.29 is 0 Å². The first-order valence-corrected chi connectivity index (χ1v) is 4.90. The maximum atomic E-state index is 2.61. The van der Waals surface area contributed by atoms with E-state index in [-0.39, 0.29) is 0 Å². The predicted molar refractivity (Wildman–Crippen MR) is 55.5 cm³/mol. The van der Waals surface area contributed by atoms with Gasteiger partial charge in [0.2, 0.25) is 0 Å². The molecule has 0 amide bonds. The van der Waals surface area contributed by atoms with Gasteiger partial charge in [-0.25, -0.2) is 0 Å². The first-order valence-electron chi connectivity index (χ1n) is 3.96. The van der Waals surface area contributed by atoms with Crippen LogP contribution in [0.4, 0.5) is 0 Å². The van der Waals surface area contributed by atoms with E-state index in [1.165, 1.54) is 20.8 Å². The summed E-state index contributed by atoms with van der Waals surface area (Å²) in [5, 5.41) is 2.70. The summed E-state index contributed by atoms with van der Waals surface area (Å²) in [7, 11) is 0. The van der Waals surface area contributed by atoms with Crippen LogP contribution < -0.4 is 4.46 Å². The van der Waals surface area contributed by atoms with E-state index < -0.39 is 0 Å². The minimum absolute atomic E-state index is 1.30. The van der Waals surface area contributed by atoms with Crippen molar-refractivity contribution in [2.75, 3.05) is 0 Å². The topological polar surface area (TPSA) is 0 Å². The van der Waals surface area contributed by atoms with Crippen LogP contribution in [0.2, 0.25) is 0 Å². The van der Waals surface area contributed by atoms with Gasteiger partial charge in [-0.2, -0.15) is 0 Å². The van der Waals surface area contributed by atoms with Gasteiger partial charge in [-0.1, -0.05) is 0 Å². The second-order valence-corrected chi connectivity index (χ2v) is 3.96. The third kappa shape index (κ3) is 1.16. The first kappa shape index (κ1) is 7.85. The molecule has 60 valence electrons. The Morgan fingerprint density at radius 1 is 0.917 bits per heavy atom. The Balaban J connectivity index is 2.95. The van der Waals surface area contributed by atoms with Gasteiger partial charge in [-0.3, -0.25) is 0 Å². The third-order valence-corrected chi connectivity index (χ3v) is 2.94. The van der Waals surface area contributed by atoms with Crippen LogP contribution in [0.5, 0.6) is 0 Å². The van der Waals surface area contributed by atoms with Gasteiger partial charge in [-0.15, -0.1) is 0 Å². The molecule has 0 atom stereocenters. The van der Waals surface area contributed by atoms with E-state index in [0.29, 0.717) is 0 Å². The van der Waals surface area contributed by atoms with Crippen LogP contribution >= 0.6 is 0 Å². The molecular formula is C11H10Se. The molecule has 2 aromatic carbocycles. The molecule has 0 aliphatic heterocycles. The summed E-state index contributed by atoms with van der Waals surface area (Å²) < 4.78 is 1.30. The van der Waals surface area contributed by atoms with Gasteiger partial charge in [0.05, 0.1) is 0 Å². The molecule has 0 aliphatic rings. The Hall–Kier alpha value is -0.781. The summed E-state index contributed by atoms with van der Waals surface area (Å²) in [5.41, 5.74) is 1.35. The fourth-order valence-electron chi connectivity index (χ4n) is 1.43. The van der Waals surface area contributed by atoms with Crippen LogP contribution in [-0.2, 0) is 0 Å². The molecule has 0 saturated heterocycles. The number of fused-ring (bicyclic) bond motifs is 1. The molecule has 0 aromatic heterocycles. The SMILES string of the molecule is Cc1ccc([SeH])c2ccccc12. The van der Waals surface area contributed by atoms with Crippen LogP contribution in [-0.4, -0.2) is 16.0 Å². The van der Waals surface area contributed by atoms with E-state index in [9.17, 15) is 0 Å². The molecule has 0 spiro atoms. The average molecular weight is 221 g/mol. The van der Waals surface area contributed by atoms with Crippen molar-refractivity contribution in [2.45, 2.75) is 6.92 Å². The van der Waals surface area contributed by atoms with Crippen molar-refractivity contribution >= 4 is 31.2 Å². The summed E-state index contributed by atoms with van der Waals surface area (Å²) in [6.07, 6.45) is 0. The Bertz CT molecular complexity index is 378. The second kappa shape index (κ2) is 2.93. The first-order chi connectivity index (χ1) is 5.79. The van der Waals surface area contributed by atoms with Gasteiger partial charge in [-0.05, 0) is 0 Å². The van der Waals surface area contributed by atoms with E-state index >= 15 is 0 Å². The van der Waals surface area contributed by atoms with Crippen molar-refractivity contribution in [3.05, 3.63) is 42.0 Å². The molecular weight excluding hydrogens is 211 g/mol. The quantitative estimate of drug-likeness (QED) is 0.594. The third-order valence-electron chi connectivity index (χ3n) is 2.12. The van der Waals surface area contributed by atoms with Crippen molar-refractivity contribution in [3.8, 4) is 0 Å². The molecule has 2 rings (SSSR count). The summed E-state index contributed by atoms with van der Waals surface area (Å²) in [6.45, 7) is 2.15. The molecule has 2 aromatic rings. The van der Waals surface area contributed by atoms with Crippen LogP contribution in [0.1, 0.15) is 5.56 Å². The van der Waals surface area contributed by atoms with Gasteiger partial charge in [0.15, 0.2) is 0 Å². The number of rotatable bonds is 0. The standard InChI is InChI=1S/C11H10Se/c1-8-6-7-11(12)10-5-3-2-4-9(8)10/h2-7,12H,1H3. The molecule has 0 N–H and O–H groups in total. The molecule has 0 fully saturated rings. The van der Waals surface area contributed by atoms with Crippen LogP contribution in [0, 0.1) is 6.92 Å². The second-order valence-electron chi connectivity index (χ2n) is 2.95. The van der Waals surface area contributed by atoms with Crippen LogP contribution in [0.25, 0.3) is 10.8 Å². The minimum atomic E-state index is 1.30. The fourth-order valence-corrected chi connectivity index (χ4v) is 2.00. The summed E-state index contributed by atoms with van der Waals surface area (Å²) >= 11 is 2.61. The van der Waals surface area contributed by atoms with Crippen molar-refractivity contribution in [1.82, 2.24) is 0 Å². The number of hydrogen-bond acceptors (Lipinski definition) is 0.